The lowest BCUT2D eigenvalue weighted by Crippen LogP contribution is -2.00. The molecule has 136 valence electrons. The van der Waals surface area contributed by atoms with E-state index in [1.807, 2.05) is 55.5 Å². The molecule has 0 saturated heterocycles. The molecule has 26 heavy (non-hydrogen) atoms. The lowest BCUT2D eigenvalue weighted by Gasteiger charge is -2.07. The predicted octanol–water partition coefficient (Wildman–Crippen LogP) is 4.67. The fraction of sp³-hybridized carbons (Fsp3) is 0.211. The summed E-state index contributed by atoms with van der Waals surface area (Å²) in [7, 11) is 1.32. The smallest absolute Gasteiger partial charge is 0.349 e. The molecule has 0 heterocycles. The normalized spacial score (nSPS) is 11.6. The molecule has 2 rings (SSSR count). The van der Waals surface area contributed by atoms with Gasteiger partial charge in [0, 0.05) is 10.8 Å². The number of nitrogens with zero attached hydrogens (tertiary/aromatic N) is 2. The van der Waals surface area contributed by atoms with Crippen LogP contribution < -0.4 is 0 Å². The van der Waals surface area contributed by atoms with Crippen LogP contribution >= 0.6 is 23.5 Å². The highest BCUT2D eigenvalue weighted by molar-refractivity contribution is 7.97. The SMILES string of the molecule is COC(=O)/C=N/SCc1ccccc1CO/N=C(/C)c1ccc(Cl)cc1. The van der Waals surface area contributed by atoms with Crippen molar-refractivity contribution in [2.45, 2.75) is 19.3 Å². The monoisotopic (exact) mass is 390 g/mol. The standard InChI is InChI=1S/C19H19ClN2O3S/c1-14(15-7-9-18(20)10-8-15)22-25-12-16-5-3-4-6-17(16)13-26-21-11-19(23)24-2/h3-11H,12-13H2,1-2H3/b21-11+,22-14-. The zero-order chi connectivity index (χ0) is 18.8. The van der Waals surface area contributed by atoms with Gasteiger partial charge in [0.15, 0.2) is 0 Å². The average molecular weight is 391 g/mol. The van der Waals surface area contributed by atoms with Crippen molar-refractivity contribution < 1.29 is 14.4 Å². The third kappa shape index (κ3) is 6.54. The number of carbonyl (C=O) groups is 1. The molecule has 0 aliphatic heterocycles. The molecular weight excluding hydrogens is 372 g/mol. The first kappa shape index (κ1) is 20.0. The largest absolute Gasteiger partial charge is 0.465 e. The van der Waals surface area contributed by atoms with Crippen LogP contribution in [0.4, 0.5) is 0 Å². The lowest BCUT2D eigenvalue weighted by molar-refractivity contribution is -0.132. The molecule has 2 aromatic rings. The first-order chi connectivity index (χ1) is 12.6. The number of hydrogen-bond acceptors (Lipinski definition) is 6. The molecule has 0 N–H and O–H groups in total. The van der Waals surface area contributed by atoms with E-state index in [4.69, 9.17) is 16.4 Å². The van der Waals surface area contributed by atoms with Gasteiger partial charge in [0.2, 0.25) is 0 Å². The van der Waals surface area contributed by atoms with E-state index < -0.39 is 5.97 Å². The molecule has 0 fully saturated rings. The Kier molecular flexibility index (Phi) is 8.18. The Morgan fingerprint density at radius 2 is 1.85 bits per heavy atom. The van der Waals surface area contributed by atoms with Crippen LogP contribution in [0.5, 0.6) is 0 Å². The van der Waals surface area contributed by atoms with Crippen molar-refractivity contribution in [3.8, 4) is 0 Å². The molecule has 0 saturated carbocycles. The van der Waals surface area contributed by atoms with Crippen LogP contribution in [0.25, 0.3) is 0 Å². The maximum absolute atomic E-state index is 11.0. The van der Waals surface area contributed by atoms with Crippen LogP contribution in [0.1, 0.15) is 23.6 Å². The van der Waals surface area contributed by atoms with E-state index >= 15 is 0 Å². The van der Waals surface area contributed by atoms with Gasteiger partial charge in [-0.05, 0) is 47.7 Å². The van der Waals surface area contributed by atoms with E-state index in [9.17, 15) is 4.79 Å². The third-order valence-corrected chi connectivity index (χ3v) is 4.40. The number of esters is 1. The molecule has 0 aliphatic rings. The molecule has 0 aromatic heterocycles. The molecule has 2 aromatic carbocycles. The number of methoxy groups -OCH3 is 1. The topological polar surface area (TPSA) is 60.2 Å². The first-order valence-corrected chi connectivity index (χ1v) is 9.14. The minimum atomic E-state index is -0.471. The quantitative estimate of drug-likeness (QED) is 0.284. The molecule has 0 aliphatic carbocycles. The van der Waals surface area contributed by atoms with Crippen molar-refractivity contribution in [3.63, 3.8) is 0 Å². The highest BCUT2D eigenvalue weighted by Gasteiger charge is 2.04. The summed E-state index contributed by atoms with van der Waals surface area (Å²) in [5.41, 5.74) is 3.81. The van der Waals surface area contributed by atoms with E-state index in [2.05, 4.69) is 14.3 Å². The van der Waals surface area contributed by atoms with Gasteiger partial charge in [-0.1, -0.05) is 53.2 Å². The minimum Gasteiger partial charge on any atom is -0.465 e. The summed E-state index contributed by atoms with van der Waals surface area (Å²) in [6.07, 6.45) is 1.16. The molecule has 0 radical (unpaired) electrons. The molecule has 0 unspecified atom stereocenters. The molecule has 0 spiro atoms. The van der Waals surface area contributed by atoms with Gasteiger partial charge in [-0.2, -0.15) is 0 Å². The Morgan fingerprint density at radius 1 is 1.15 bits per heavy atom. The second-order valence-electron chi connectivity index (χ2n) is 5.26. The number of carbonyl (C=O) groups excluding carboxylic acids is 1. The number of benzene rings is 2. The molecule has 5 nitrogen and oxygen atoms in total. The van der Waals surface area contributed by atoms with Gasteiger partial charge < -0.3 is 9.57 Å². The summed E-state index contributed by atoms with van der Waals surface area (Å²) in [5.74, 6) is 0.147. The van der Waals surface area contributed by atoms with E-state index in [0.29, 0.717) is 17.4 Å². The van der Waals surface area contributed by atoms with Crippen LogP contribution in [0.15, 0.2) is 58.1 Å². The summed E-state index contributed by atoms with van der Waals surface area (Å²) in [5, 5.41) is 4.85. The summed E-state index contributed by atoms with van der Waals surface area (Å²) in [6.45, 7) is 2.23. The summed E-state index contributed by atoms with van der Waals surface area (Å²) >= 11 is 7.15. The Morgan fingerprint density at radius 3 is 2.54 bits per heavy atom. The maximum Gasteiger partial charge on any atom is 0.349 e. The molecule has 0 atom stereocenters. The van der Waals surface area contributed by atoms with Gasteiger partial charge in [-0.3, -0.25) is 0 Å². The minimum absolute atomic E-state index is 0.350. The van der Waals surface area contributed by atoms with Crippen molar-refractivity contribution in [3.05, 3.63) is 70.2 Å². The second-order valence-corrected chi connectivity index (χ2v) is 6.45. The van der Waals surface area contributed by atoms with E-state index in [0.717, 1.165) is 28.6 Å². The molecule has 0 bridgehead atoms. The first-order valence-electron chi connectivity index (χ1n) is 7.82. The highest BCUT2D eigenvalue weighted by Crippen LogP contribution is 2.18. The van der Waals surface area contributed by atoms with Gasteiger partial charge in [0.05, 0.1) is 12.8 Å². The van der Waals surface area contributed by atoms with Crippen LogP contribution in [0.3, 0.4) is 0 Å². The number of hydrogen-bond donors (Lipinski definition) is 0. The van der Waals surface area contributed by atoms with Crippen LogP contribution in [0.2, 0.25) is 5.02 Å². The Labute approximate surface area is 162 Å². The van der Waals surface area contributed by atoms with Crippen LogP contribution in [-0.4, -0.2) is 25.0 Å². The second kappa shape index (κ2) is 10.6. The van der Waals surface area contributed by atoms with Crippen molar-refractivity contribution in [1.82, 2.24) is 0 Å². The predicted molar refractivity (Wildman–Crippen MR) is 107 cm³/mol. The lowest BCUT2D eigenvalue weighted by atomic mass is 10.1. The Balaban J connectivity index is 1.93. The maximum atomic E-state index is 11.0. The molecular formula is C19H19ClN2O3S. The van der Waals surface area contributed by atoms with E-state index in [1.165, 1.54) is 19.1 Å². The Bertz CT molecular complexity index is 792. The summed E-state index contributed by atoms with van der Waals surface area (Å²) in [6, 6.07) is 15.3. The average Bonchev–Trinajstić information content (AvgIpc) is 2.66. The number of rotatable bonds is 8. The number of halogens is 1. The van der Waals surface area contributed by atoms with Gasteiger partial charge in [0.1, 0.15) is 12.8 Å². The van der Waals surface area contributed by atoms with Gasteiger partial charge in [-0.15, -0.1) is 0 Å². The molecule has 0 amide bonds. The molecule has 7 heteroatoms. The van der Waals surface area contributed by atoms with Gasteiger partial charge in [-0.25, -0.2) is 9.19 Å². The van der Waals surface area contributed by atoms with Gasteiger partial charge >= 0.3 is 5.97 Å². The number of oxime groups is 1. The van der Waals surface area contributed by atoms with Crippen molar-refractivity contribution >= 4 is 41.4 Å². The number of ether oxygens (including phenoxy) is 1. The Hall–Kier alpha value is -2.31. The third-order valence-electron chi connectivity index (χ3n) is 3.46. The van der Waals surface area contributed by atoms with Crippen molar-refractivity contribution in [1.29, 1.82) is 0 Å². The van der Waals surface area contributed by atoms with Gasteiger partial charge in [0.25, 0.3) is 0 Å². The van der Waals surface area contributed by atoms with Crippen LogP contribution in [-0.2, 0) is 26.7 Å². The van der Waals surface area contributed by atoms with Crippen LogP contribution in [0, 0.1) is 0 Å². The fourth-order valence-corrected chi connectivity index (χ4v) is 2.80. The zero-order valence-electron chi connectivity index (χ0n) is 14.5. The highest BCUT2D eigenvalue weighted by atomic mass is 35.5. The van der Waals surface area contributed by atoms with Crippen molar-refractivity contribution in [2.75, 3.05) is 7.11 Å². The fourth-order valence-electron chi connectivity index (χ4n) is 2.02. The summed E-state index contributed by atoms with van der Waals surface area (Å²) < 4.78 is 8.47. The van der Waals surface area contributed by atoms with E-state index in [-0.39, 0.29) is 0 Å². The van der Waals surface area contributed by atoms with Crippen molar-refractivity contribution in [2.24, 2.45) is 9.55 Å². The van der Waals surface area contributed by atoms with E-state index in [1.54, 1.807) is 0 Å². The zero-order valence-corrected chi connectivity index (χ0v) is 16.1. The summed E-state index contributed by atoms with van der Waals surface area (Å²) in [4.78, 5) is 16.5.